The molecule has 9 nitrogen and oxygen atoms in total. The van der Waals surface area contributed by atoms with Gasteiger partial charge < -0.3 is 25.3 Å². The summed E-state index contributed by atoms with van der Waals surface area (Å²) in [4.78, 5) is 16.5. The van der Waals surface area contributed by atoms with E-state index in [2.05, 4.69) is 38.1 Å². The molecule has 1 aromatic heterocycles. The van der Waals surface area contributed by atoms with Crippen molar-refractivity contribution in [2.45, 2.75) is 65.1 Å². The maximum Gasteiger partial charge on any atom is 0.242 e. The van der Waals surface area contributed by atoms with E-state index < -0.39 is 0 Å². The van der Waals surface area contributed by atoms with E-state index in [1.165, 1.54) is 0 Å². The van der Waals surface area contributed by atoms with E-state index in [0.717, 1.165) is 38.2 Å². The minimum atomic E-state index is -0.268. The number of carbonyl (C=O) groups is 1. The average Bonchev–Trinajstić information content (AvgIpc) is 3.26. The number of aryl methyl sites for hydroxylation is 1. The van der Waals surface area contributed by atoms with E-state index in [-0.39, 0.29) is 24.1 Å². The first kappa shape index (κ1) is 21.1. The van der Waals surface area contributed by atoms with Gasteiger partial charge in [0.2, 0.25) is 5.91 Å². The van der Waals surface area contributed by atoms with E-state index in [9.17, 15) is 4.79 Å². The Morgan fingerprint density at radius 3 is 2.89 bits per heavy atom. The molecule has 0 aliphatic carbocycles. The van der Waals surface area contributed by atoms with Gasteiger partial charge in [-0.1, -0.05) is 6.92 Å². The third-order valence-electron chi connectivity index (χ3n) is 4.07. The number of aromatic nitrogens is 3. The number of hydrogen-bond donors (Lipinski definition) is 3. The first-order chi connectivity index (χ1) is 12.9. The van der Waals surface area contributed by atoms with Crippen molar-refractivity contribution >= 4 is 11.9 Å². The van der Waals surface area contributed by atoms with Gasteiger partial charge in [0, 0.05) is 38.2 Å². The lowest BCUT2D eigenvalue weighted by molar-refractivity contribution is -0.121. The molecule has 0 spiro atoms. The molecule has 0 bridgehead atoms. The van der Waals surface area contributed by atoms with E-state index in [4.69, 9.17) is 4.74 Å². The Balaban J connectivity index is 1.87. The zero-order chi connectivity index (χ0) is 19.7. The van der Waals surface area contributed by atoms with Crippen molar-refractivity contribution in [1.82, 2.24) is 30.7 Å². The molecule has 1 fully saturated rings. The smallest absolute Gasteiger partial charge is 0.242 e. The van der Waals surface area contributed by atoms with Gasteiger partial charge in [-0.3, -0.25) is 4.79 Å². The molecular weight excluding hydrogens is 346 g/mol. The van der Waals surface area contributed by atoms with Crippen LogP contribution in [0.25, 0.3) is 0 Å². The highest BCUT2D eigenvalue weighted by Crippen LogP contribution is 2.10. The maximum atomic E-state index is 12.0. The quantitative estimate of drug-likeness (QED) is 0.448. The zero-order valence-corrected chi connectivity index (χ0v) is 16.9. The van der Waals surface area contributed by atoms with Crippen LogP contribution in [-0.2, 0) is 22.5 Å². The van der Waals surface area contributed by atoms with Gasteiger partial charge in [-0.25, -0.2) is 4.99 Å². The minimum Gasteiger partial charge on any atom is -0.376 e. The van der Waals surface area contributed by atoms with E-state index in [1.807, 2.05) is 25.3 Å². The number of nitrogens with zero attached hydrogens (tertiary/aromatic N) is 4. The fourth-order valence-corrected chi connectivity index (χ4v) is 2.83. The summed E-state index contributed by atoms with van der Waals surface area (Å²) in [5, 5.41) is 17.5. The van der Waals surface area contributed by atoms with Gasteiger partial charge >= 0.3 is 0 Å². The van der Waals surface area contributed by atoms with Crippen LogP contribution in [0.3, 0.4) is 0 Å². The first-order valence-electron chi connectivity index (χ1n) is 9.69. The molecular formula is C18H33N7O2. The van der Waals surface area contributed by atoms with Crippen molar-refractivity contribution in [3.63, 3.8) is 0 Å². The summed E-state index contributed by atoms with van der Waals surface area (Å²) in [6.07, 6.45) is 4.91. The van der Waals surface area contributed by atoms with Crippen LogP contribution < -0.4 is 16.0 Å². The molecule has 2 rings (SSSR count). The lowest BCUT2D eigenvalue weighted by Crippen LogP contribution is -2.44. The molecule has 0 radical (unpaired) electrons. The molecule has 1 aliphatic heterocycles. The van der Waals surface area contributed by atoms with Gasteiger partial charge in [0.15, 0.2) is 5.96 Å². The standard InChI is InChI=1S/C18H33N7O2/c1-5-15-24-22-13-25(15)9-8-19-17(20-11-14-7-6-10-27-14)21-12-16(26)23-18(2,3)4/h13-14H,5-12H2,1-4H3,(H,23,26)(H2,19,20,21). The minimum absolute atomic E-state index is 0.0744. The summed E-state index contributed by atoms with van der Waals surface area (Å²) in [5.74, 6) is 1.46. The van der Waals surface area contributed by atoms with E-state index in [0.29, 0.717) is 19.0 Å². The summed E-state index contributed by atoms with van der Waals surface area (Å²) in [6, 6.07) is 0. The highest BCUT2D eigenvalue weighted by atomic mass is 16.5. The third-order valence-corrected chi connectivity index (χ3v) is 4.07. The van der Waals surface area contributed by atoms with E-state index >= 15 is 0 Å². The molecule has 1 aliphatic rings. The van der Waals surface area contributed by atoms with Crippen molar-refractivity contribution in [2.24, 2.45) is 4.99 Å². The van der Waals surface area contributed by atoms with Crippen molar-refractivity contribution in [1.29, 1.82) is 0 Å². The number of amides is 1. The second-order valence-electron chi connectivity index (χ2n) is 7.70. The Labute approximate surface area is 161 Å². The van der Waals surface area contributed by atoms with Crippen LogP contribution >= 0.6 is 0 Å². The molecule has 152 valence electrons. The largest absolute Gasteiger partial charge is 0.376 e. The zero-order valence-electron chi connectivity index (χ0n) is 16.9. The van der Waals surface area contributed by atoms with Gasteiger partial charge in [-0.2, -0.15) is 0 Å². The maximum absolute atomic E-state index is 12.0. The van der Waals surface area contributed by atoms with Crippen LogP contribution in [0.1, 0.15) is 46.4 Å². The van der Waals surface area contributed by atoms with Gasteiger partial charge in [0.25, 0.3) is 0 Å². The highest BCUT2D eigenvalue weighted by Gasteiger charge is 2.16. The number of nitrogens with one attached hydrogen (secondary N) is 3. The molecule has 0 saturated carbocycles. The van der Waals surface area contributed by atoms with E-state index in [1.54, 1.807) is 6.33 Å². The molecule has 1 amide bonds. The fourth-order valence-electron chi connectivity index (χ4n) is 2.83. The Kier molecular flexibility index (Phi) is 8.02. The molecule has 1 atom stereocenters. The Hall–Kier alpha value is -2.16. The summed E-state index contributed by atoms with van der Waals surface area (Å²) in [6.45, 7) is 10.9. The van der Waals surface area contributed by atoms with Gasteiger partial charge in [0.1, 0.15) is 18.7 Å². The van der Waals surface area contributed by atoms with Crippen molar-refractivity contribution < 1.29 is 9.53 Å². The Morgan fingerprint density at radius 2 is 2.22 bits per heavy atom. The number of aliphatic imine (C=N–C) groups is 1. The molecule has 3 N–H and O–H groups in total. The van der Waals surface area contributed by atoms with Gasteiger partial charge in [-0.05, 0) is 33.6 Å². The van der Waals surface area contributed by atoms with Gasteiger partial charge in [0.05, 0.1) is 6.10 Å². The topological polar surface area (TPSA) is 105 Å². The lowest BCUT2D eigenvalue weighted by atomic mass is 10.1. The monoisotopic (exact) mass is 379 g/mol. The molecule has 27 heavy (non-hydrogen) atoms. The average molecular weight is 380 g/mol. The number of ether oxygens (including phenoxy) is 1. The number of hydrogen-bond acceptors (Lipinski definition) is 5. The van der Waals surface area contributed by atoms with Crippen LogP contribution in [0.4, 0.5) is 0 Å². The SMILES string of the molecule is CCc1nncn1CCNC(=NCC(=O)NC(C)(C)C)NCC1CCCO1. The summed E-state index contributed by atoms with van der Waals surface area (Å²) >= 11 is 0. The molecule has 1 unspecified atom stereocenters. The molecule has 2 heterocycles. The fraction of sp³-hybridized carbons (Fsp3) is 0.778. The van der Waals surface area contributed by atoms with Crippen molar-refractivity contribution in [3.05, 3.63) is 12.2 Å². The second-order valence-corrected chi connectivity index (χ2v) is 7.70. The molecule has 1 saturated heterocycles. The lowest BCUT2D eigenvalue weighted by Gasteiger charge is -2.20. The summed E-state index contributed by atoms with van der Waals surface area (Å²) in [7, 11) is 0. The molecule has 9 heteroatoms. The van der Waals surface area contributed by atoms with Crippen LogP contribution in [0.15, 0.2) is 11.3 Å². The highest BCUT2D eigenvalue weighted by molar-refractivity contribution is 5.85. The Bertz CT molecular complexity index is 615. The van der Waals surface area contributed by atoms with Crippen LogP contribution in [0, 0.1) is 0 Å². The predicted molar refractivity (Wildman–Crippen MR) is 105 cm³/mol. The Morgan fingerprint density at radius 1 is 1.41 bits per heavy atom. The summed E-state index contributed by atoms with van der Waals surface area (Å²) < 4.78 is 7.65. The molecule has 0 aromatic carbocycles. The second kappa shape index (κ2) is 10.2. The third kappa shape index (κ3) is 7.94. The van der Waals surface area contributed by atoms with Crippen LogP contribution in [0.2, 0.25) is 0 Å². The van der Waals surface area contributed by atoms with Crippen molar-refractivity contribution in [3.8, 4) is 0 Å². The van der Waals surface area contributed by atoms with Crippen molar-refractivity contribution in [2.75, 3.05) is 26.2 Å². The van der Waals surface area contributed by atoms with Gasteiger partial charge in [-0.15, -0.1) is 10.2 Å². The number of rotatable bonds is 8. The number of carbonyl (C=O) groups excluding carboxylic acids is 1. The predicted octanol–water partition coefficient (Wildman–Crippen LogP) is 0.469. The number of guanidine groups is 1. The van der Waals surface area contributed by atoms with Crippen LogP contribution in [-0.4, -0.2) is 64.5 Å². The first-order valence-corrected chi connectivity index (χ1v) is 9.69. The summed E-state index contributed by atoms with van der Waals surface area (Å²) in [5.41, 5.74) is -0.268. The van der Waals surface area contributed by atoms with Crippen LogP contribution in [0.5, 0.6) is 0 Å². The normalized spacial score (nSPS) is 17.8. The molecule has 1 aromatic rings.